The standard InChI is InChI=1S/C12H10O2/c1-2-8-7-9-5-3-4-6-10(9)12(14)11(8)13/h3-7H,2H2,1H3. The highest BCUT2D eigenvalue weighted by Crippen LogP contribution is 2.22. The van der Waals surface area contributed by atoms with E-state index in [1.54, 1.807) is 18.2 Å². The van der Waals surface area contributed by atoms with Gasteiger partial charge < -0.3 is 0 Å². The van der Waals surface area contributed by atoms with E-state index in [4.69, 9.17) is 0 Å². The maximum absolute atomic E-state index is 11.6. The van der Waals surface area contributed by atoms with Crippen LogP contribution in [-0.4, -0.2) is 11.6 Å². The van der Waals surface area contributed by atoms with Gasteiger partial charge in [-0.15, -0.1) is 0 Å². The molecule has 0 radical (unpaired) electrons. The van der Waals surface area contributed by atoms with E-state index in [2.05, 4.69) is 0 Å². The number of rotatable bonds is 1. The van der Waals surface area contributed by atoms with E-state index in [0.29, 0.717) is 17.6 Å². The number of benzene rings is 1. The van der Waals surface area contributed by atoms with Crippen molar-refractivity contribution in [2.75, 3.05) is 0 Å². The van der Waals surface area contributed by atoms with Crippen LogP contribution >= 0.6 is 0 Å². The monoisotopic (exact) mass is 186 g/mol. The van der Waals surface area contributed by atoms with Crippen molar-refractivity contribution in [3.63, 3.8) is 0 Å². The zero-order valence-electron chi connectivity index (χ0n) is 7.91. The van der Waals surface area contributed by atoms with E-state index in [1.807, 2.05) is 19.1 Å². The summed E-state index contributed by atoms with van der Waals surface area (Å²) in [6.45, 7) is 1.88. The van der Waals surface area contributed by atoms with Crippen molar-refractivity contribution in [1.82, 2.24) is 0 Å². The Morgan fingerprint density at radius 2 is 1.79 bits per heavy atom. The molecule has 0 fully saturated rings. The second-order valence-electron chi connectivity index (χ2n) is 3.27. The van der Waals surface area contributed by atoms with Crippen molar-refractivity contribution in [2.24, 2.45) is 0 Å². The summed E-state index contributed by atoms with van der Waals surface area (Å²) in [5.41, 5.74) is 1.98. The maximum Gasteiger partial charge on any atom is 0.233 e. The number of hydrogen-bond donors (Lipinski definition) is 0. The summed E-state index contributed by atoms with van der Waals surface area (Å²) in [5.74, 6) is -0.730. The minimum Gasteiger partial charge on any atom is -0.285 e. The summed E-state index contributed by atoms with van der Waals surface area (Å²) in [5, 5.41) is 0. The van der Waals surface area contributed by atoms with Gasteiger partial charge in [-0.25, -0.2) is 0 Å². The molecular formula is C12H10O2. The van der Waals surface area contributed by atoms with Crippen LogP contribution in [0.2, 0.25) is 0 Å². The minimum atomic E-state index is -0.375. The van der Waals surface area contributed by atoms with Crippen LogP contribution in [0.4, 0.5) is 0 Å². The molecule has 1 aromatic rings. The molecule has 0 atom stereocenters. The molecule has 70 valence electrons. The van der Waals surface area contributed by atoms with Gasteiger partial charge in [0.25, 0.3) is 0 Å². The van der Waals surface area contributed by atoms with Crippen LogP contribution in [-0.2, 0) is 4.79 Å². The second kappa shape index (κ2) is 3.22. The molecule has 0 amide bonds. The number of carbonyl (C=O) groups excluding carboxylic acids is 2. The number of fused-ring (bicyclic) bond motifs is 1. The van der Waals surface area contributed by atoms with Crippen LogP contribution in [0.1, 0.15) is 29.3 Å². The molecule has 0 saturated heterocycles. The number of allylic oxidation sites excluding steroid dienone is 1. The van der Waals surface area contributed by atoms with Gasteiger partial charge in [-0.1, -0.05) is 31.2 Å². The first-order valence-electron chi connectivity index (χ1n) is 4.62. The zero-order valence-corrected chi connectivity index (χ0v) is 7.91. The van der Waals surface area contributed by atoms with E-state index in [0.717, 1.165) is 5.56 Å². The van der Waals surface area contributed by atoms with Gasteiger partial charge in [0, 0.05) is 11.1 Å². The molecule has 0 heterocycles. The fourth-order valence-electron chi connectivity index (χ4n) is 1.61. The lowest BCUT2D eigenvalue weighted by Crippen LogP contribution is -2.20. The third-order valence-corrected chi connectivity index (χ3v) is 2.41. The van der Waals surface area contributed by atoms with Crippen LogP contribution in [0, 0.1) is 0 Å². The summed E-state index contributed by atoms with van der Waals surface area (Å²) in [6, 6.07) is 7.19. The summed E-state index contributed by atoms with van der Waals surface area (Å²) >= 11 is 0. The Morgan fingerprint density at radius 1 is 1.07 bits per heavy atom. The molecule has 14 heavy (non-hydrogen) atoms. The van der Waals surface area contributed by atoms with Crippen LogP contribution in [0.5, 0.6) is 0 Å². The van der Waals surface area contributed by atoms with Crippen molar-refractivity contribution in [3.8, 4) is 0 Å². The molecule has 0 aromatic heterocycles. The van der Waals surface area contributed by atoms with E-state index < -0.39 is 0 Å². The summed E-state index contributed by atoms with van der Waals surface area (Å²) in [7, 11) is 0. The zero-order chi connectivity index (χ0) is 10.1. The first kappa shape index (κ1) is 8.88. The van der Waals surface area contributed by atoms with E-state index in [9.17, 15) is 9.59 Å². The van der Waals surface area contributed by atoms with Crippen LogP contribution in [0.25, 0.3) is 6.08 Å². The van der Waals surface area contributed by atoms with E-state index >= 15 is 0 Å². The molecule has 0 saturated carbocycles. The smallest absolute Gasteiger partial charge is 0.233 e. The predicted octanol–water partition coefficient (Wildman–Crippen LogP) is 2.25. The van der Waals surface area contributed by atoms with Crippen LogP contribution in [0.15, 0.2) is 29.8 Å². The number of hydrogen-bond acceptors (Lipinski definition) is 2. The lowest BCUT2D eigenvalue weighted by atomic mass is 9.89. The van der Waals surface area contributed by atoms with Crippen molar-refractivity contribution in [3.05, 3.63) is 41.0 Å². The van der Waals surface area contributed by atoms with Gasteiger partial charge in [0.1, 0.15) is 0 Å². The number of carbonyl (C=O) groups is 2. The van der Waals surface area contributed by atoms with Gasteiger partial charge in [0.05, 0.1) is 0 Å². The fourth-order valence-corrected chi connectivity index (χ4v) is 1.61. The molecule has 0 unspecified atom stereocenters. The summed E-state index contributed by atoms with van der Waals surface area (Å²) in [4.78, 5) is 23.1. The summed E-state index contributed by atoms with van der Waals surface area (Å²) in [6.07, 6.45) is 2.41. The number of Topliss-reactive ketones (excluding diaryl/α,β-unsaturated/α-hetero) is 2. The topological polar surface area (TPSA) is 34.1 Å². The highest BCUT2D eigenvalue weighted by molar-refractivity contribution is 6.51. The Balaban J connectivity index is 2.63. The Bertz CT molecular complexity index is 441. The first-order valence-corrected chi connectivity index (χ1v) is 4.62. The molecule has 0 aliphatic heterocycles. The quantitative estimate of drug-likeness (QED) is 0.630. The Labute approximate surface area is 82.2 Å². The fraction of sp³-hybridized carbons (Fsp3) is 0.167. The van der Waals surface area contributed by atoms with Gasteiger partial charge in [-0.2, -0.15) is 0 Å². The summed E-state index contributed by atoms with van der Waals surface area (Å²) < 4.78 is 0. The van der Waals surface area contributed by atoms with Gasteiger partial charge in [0.2, 0.25) is 11.6 Å². The average molecular weight is 186 g/mol. The Morgan fingerprint density at radius 3 is 2.50 bits per heavy atom. The van der Waals surface area contributed by atoms with Gasteiger partial charge in [-0.05, 0) is 18.1 Å². The van der Waals surface area contributed by atoms with Crippen LogP contribution < -0.4 is 0 Å². The van der Waals surface area contributed by atoms with Crippen molar-refractivity contribution >= 4 is 17.6 Å². The Hall–Kier alpha value is -1.70. The SMILES string of the molecule is CCC1=Cc2ccccc2C(=O)C1=O. The molecule has 1 aromatic carbocycles. The Kier molecular flexibility index (Phi) is 2.04. The predicted molar refractivity (Wildman–Crippen MR) is 54.0 cm³/mol. The molecule has 2 heteroatoms. The largest absolute Gasteiger partial charge is 0.285 e. The molecule has 0 bridgehead atoms. The molecule has 1 aliphatic carbocycles. The number of ketones is 2. The van der Waals surface area contributed by atoms with Gasteiger partial charge >= 0.3 is 0 Å². The van der Waals surface area contributed by atoms with Crippen molar-refractivity contribution in [2.45, 2.75) is 13.3 Å². The molecular weight excluding hydrogens is 176 g/mol. The lowest BCUT2D eigenvalue weighted by molar-refractivity contribution is -0.111. The van der Waals surface area contributed by atoms with E-state index in [-0.39, 0.29) is 11.6 Å². The van der Waals surface area contributed by atoms with Gasteiger partial charge in [0.15, 0.2) is 0 Å². The molecule has 2 nitrogen and oxygen atoms in total. The molecule has 0 N–H and O–H groups in total. The highest BCUT2D eigenvalue weighted by atomic mass is 16.2. The normalized spacial score (nSPS) is 15.1. The van der Waals surface area contributed by atoms with Crippen LogP contribution in [0.3, 0.4) is 0 Å². The molecule has 2 rings (SSSR count). The average Bonchev–Trinajstić information content (AvgIpc) is 2.23. The van der Waals surface area contributed by atoms with E-state index in [1.165, 1.54) is 0 Å². The third-order valence-electron chi connectivity index (χ3n) is 2.41. The highest BCUT2D eigenvalue weighted by Gasteiger charge is 2.25. The van der Waals surface area contributed by atoms with Crippen molar-refractivity contribution in [1.29, 1.82) is 0 Å². The second-order valence-corrected chi connectivity index (χ2v) is 3.27. The first-order chi connectivity index (χ1) is 6.74. The third kappa shape index (κ3) is 1.20. The minimum absolute atomic E-state index is 0.355. The molecule has 0 spiro atoms. The van der Waals surface area contributed by atoms with Crippen molar-refractivity contribution < 1.29 is 9.59 Å². The molecule has 1 aliphatic rings. The lowest BCUT2D eigenvalue weighted by Gasteiger charge is -2.12. The van der Waals surface area contributed by atoms with Gasteiger partial charge in [-0.3, -0.25) is 9.59 Å². The maximum atomic E-state index is 11.6.